The molecular weight excluding hydrogens is 288 g/mol. The van der Waals surface area contributed by atoms with E-state index in [2.05, 4.69) is 5.32 Å². The van der Waals surface area contributed by atoms with Crippen LogP contribution in [0.25, 0.3) is 11.0 Å². The number of furan rings is 1. The fourth-order valence-electron chi connectivity index (χ4n) is 2.26. The standard InChI is InChI=1S/C15H16N2O3S/c18-14(5-6-17-7-8-21-15(17)19)16-10-12-9-11-3-1-2-4-13(11)20-12/h1-4,9H,5-8,10H2,(H,16,18). The summed E-state index contributed by atoms with van der Waals surface area (Å²) in [5.41, 5.74) is 0.821. The van der Waals surface area contributed by atoms with Gasteiger partial charge in [0.2, 0.25) is 5.91 Å². The molecule has 5 nitrogen and oxygen atoms in total. The monoisotopic (exact) mass is 304 g/mol. The zero-order valence-corrected chi connectivity index (χ0v) is 12.3. The first-order valence-corrected chi connectivity index (χ1v) is 7.87. The largest absolute Gasteiger partial charge is 0.459 e. The number of hydrogen-bond donors (Lipinski definition) is 1. The van der Waals surface area contributed by atoms with E-state index in [4.69, 9.17) is 4.42 Å². The number of thioether (sulfide) groups is 1. The Morgan fingerprint density at radius 3 is 3.00 bits per heavy atom. The number of benzene rings is 1. The summed E-state index contributed by atoms with van der Waals surface area (Å²) in [6.45, 7) is 1.59. The molecular formula is C15H16N2O3S. The second-order valence-electron chi connectivity index (χ2n) is 4.88. The third kappa shape index (κ3) is 3.39. The molecule has 3 rings (SSSR count). The van der Waals surface area contributed by atoms with Crippen LogP contribution in [0.4, 0.5) is 4.79 Å². The predicted molar refractivity (Wildman–Crippen MR) is 82.1 cm³/mol. The predicted octanol–water partition coefficient (Wildman–Crippen LogP) is 2.61. The minimum Gasteiger partial charge on any atom is -0.459 e. The highest BCUT2D eigenvalue weighted by Gasteiger charge is 2.21. The van der Waals surface area contributed by atoms with Gasteiger partial charge in [-0.1, -0.05) is 30.0 Å². The Morgan fingerprint density at radius 1 is 1.38 bits per heavy atom. The lowest BCUT2D eigenvalue weighted by molar-refractivity contribution is -0.121. The van der Waals surface area contributed by atoms with E-state index in [9.17, 15) is 9.59 Å². The topological polar surface area (TPSA) is 62.6 Å². The Kier molecular flexibility index (Phi) is 4.15. The lowest BCUT2D eigenvalue weighted by Crippen LogP contribution is -2.30. The Balaban J connectivity index is 1.48. The van der Waals surface area contributed by atoms with Crippen LogP contribution in [0.5, 0.6) is 0 Å². The van der Waals surface area contributed by atoms with Crippen molar-refractivity contribution in [2.24, 2.45) is 0 Å². The van der Waals surface area contributed by atoms with Gasteiger partial charge < -0.3 is 14.6 Å². The van der Waals surface area contributed by atoms with E-state index >= 15 is 0 Å². The summed E-state index contributed by atoms with van der Waals surface area (Å²) in [4.78, 5) is 24.9. The average Bonchev–Trinajstić information content (AvgIpc) is 3.08. The number of amides is 2. The van der Waals surface area contributed by atoms with Gasteiger partial charge in [-0.05, 0) is 12.1 Å². The summed E-state index contributed by atoms with van der Waals surface area (Å²) >= 11 is 1.31. The number of hydrogen-bond acceptors (Lipinski definition) is 4. The molecule has 0 unspecified atom stereocenters. The quantitative estimate of drug-likeness (QED) is 0.922. The van der Waals surface area contributed by atoms with E-state index in [1.54, 1.807) is 4.90 Å². The average molecular weight is 304 g/mol. The minimum absolute atomic E-state index is 0.0693. The molecule has 1 N–H and O–H groups in total. The van der Waals surface area contributed by atoms with Crippen LogP contribution >= 0.6 is 11.8 Å². The molecule has 0 radical (unpaired) electrons. The fraction of sp³-hybridized carbons (Fsp3) is 0.333. The van der Waals surface area contributed by atoms with Gasteiger partial charge in [0.25, 0.3) is 5.24 Å². The first-order chi connectivity index (χ1) is 10.2. The highest BCUT2D eigenvalue weighted by molar-refractivity contribution is 8.13. The molecule has 2 heterocycles. The summed E-state index contributed by atoms with van der Waals surface area (Å²) < 4.78 is 5.63. The molecule has 110 valence electrons. The lowest BCUT2D eigenvalue weighted by atomic mass is 10.2. The van der Waals surface area contributed by atoms with Crippen molar-refractivity contribution in [3.8, 4) is 0 Å². The van der Waals surface area contributed by atoms with E-state index < -0.39 is 0 Å². The van der Waals surface area contributed by atoms with Crippen LogP contribution in [-0.2, 0) is 11.3 Å². The summed E-state index contributed by atoms with van der Waals surface area (Å²) in [5, 5.41) is 3.92. The molecule has 0 atom stereocenters. The fourth-order valence-corrected chi connectivity index (χ4v) is 3.11. The number of fused-ring (bicyclic) bond motifs is 1. The Labute approximate surface area is 126 Å². The zero-order chi connectivity index (χ0) is 14.7. The number of nitrogens with zero attached hydrogens (tertiary/aromatic N) is 1. The van der Waals surface area contributed by atoms with E-state index in [0.29, 0.717) is 19.5 Å². The molecule has 6 heteroatoms. The molecule has 1 saturated heterocycles. The third-order valence-corrected chi connectivity index (χ3v) is 4.28. The molecule has 0 bridgehead atoms. The smallest absolute Gasteiger partial charge is 0.281 e. The Hall–Kier alpha value is -1.95. The van der Waals surface area contributed by atoms with Gasteiger partial charge in [-0.25, -0.2) is 0 Å². The summed E-state index contributed by atoms with van der Waals surface area (Å²) in [7, 11) is 0. The number of rotatable bonds is 5. The van der Waals surface area contributed by atoms with Crippen LogP contribution in [0.15, 0.2) is 34.7 Å². The highest BCUT2D eigenvalue weighted by Crippen LogP contribution is 2.19. The van der Waals surface area contributed by atoms with Crippen LogP contribution in [-0.4, -0.2) is 34.9 Å². The third-order valence-electron chi connectivity index (χ3n) is 3.39. The van der Waals surface area contributed by atoms with E-state index in [-0.39, 0.29) is 11.1 Å². The molecule has 1 aromatic carbocycles. The molecule has 0 aliphatic carbocycles. The van der Waals surface area contributed by atoms with Crippen molar-refractivity contribution in [3.63, 3.8) is 0 Å². The van der Waals surface area contributed by atoms with Crippen molar-refractivity contribution in [3.05, 3.63) is 36.1 Å². The normalized spacial score (nSPS) is 14.9. The summed E-state index contributed by atoms with van der Waals surface area (Å²) in [6.07, 6.45) is 0.326. The number of para-hydroxylation sites is 1. The Bertz CT molecular complexity index is 635. The first-order valence-electron chi connectivity index (χ1n) is 6.88. The molecule has 1 aromatic heterocycles. The van der Waals surface area contributed by atoms with E-state index in [1.165, 1.54) is 11.8 Å². The Morgan fingerprint density at radius 2 is 2.24 bits per heavy atom. The number of nitrogens with one attached hydrogen (secondary N) is 1. The van der Waals surface area contributed by atoms with Gasteiger partial charge in [-0.15, -0.1) is 0 Å². The van der Waals surface area contributed by atoms with Gasteiger partial charge in [-0.3, -0.25) is 9.59 Å². The molecule has 2 amide bonds. The van der Waals surface area contributed by atoms with Gasteiger partial charge in [0.1, 0.15) is 11.3 Å². The van der Waals surface area contributed by atoms with Gasteiger partial charge in [-0.2, -0.15) is 0 Å². The maximum Gasteiger partial charge on any atom is 0.281 e. The highest BCUT2D eigenvalue weighted by atomic mass is 32.2. The van der Waals surface area contributed by atoms with Crippen molar-refractivity contribution >= 4 is 33.9 Å². The van der Waals surface area contributed by atoms with Crippen molar-refractivity contribution < 1.29 is 14.0 Å². The van der Waals surface area contributed by atoms with Gasteiger partial charge in [0, 0.05) is 30.6 Å². The summed E-state index contributed by atoms with van der Waals surface area (Å²) in [5.74, 6) is 1.48. The van der Waals surface area contributed by atoms with Crippen molar-refractivity contribution in [1.82, 2.24) is 10.2 Å². The van der Waals surface area contributed by atoms with Crippen LogP contribution in [0.3, 0.4) is 0 Å². The molecule has 1 aliphatic rings. The molecule has 21 heavy (non-hydrogen) atoms. The van der Waals surface area contributed by atoms with Crippen LogP contribution in [0.1, 0.15) is 12.2 Å². The molecule has 2 aromatic rings. The van der Waals surface area contributed by atoms with Crippen molar-refractivity contribution in [2.75, 3.05) is 18.8 Å². The lowest BCUT2D eigenvalue weighted by Gasteiger charge is -2.13. The van der Waals surface area contributed by atoms with E-state index in [0.717, 1.165) is 29.0 Å². The first kappa shape index (κ1) is 14.0. The van der Waals surface area contributed by atoms with Gasteiger partial charge in [0.05, 0.1) is 6.54 Å². The minimum atomic E-state index is -0.0693. The zero-order valence-electron chi connectivity index (χ0n) is 11.5. The van der Waals surface area contributed by atoms with Gasteiger partial charge >= 0.3 is 0 Å². The molecule has 1 aliphatic heterocycles. The van der Waals surface area contributed by atoms with Crippen molar-refractivity contribution in [1.29, 1.82) is 0 Å². The molecule has 0 saturated carbocycles. The maximum absolute atomic E-state index is 11.8. The molecule has 1 fully saturated rings. The van der Waals surface area contributed by atoms with Crippen molar-refractivity contribution in [2.45, 2.75) is 13.0 Å². The number of carbonyl (C=O) groups is 2. The number of carbonyl (C=O) groups excluding carboxylic acids is 2. The second-order valence-corrected chi connectivity index (χ2v) is 5.92. The van der Waals surface area contributed by atoms with Crippen LogP contribution in [0, 0.1) is 0 Å². The molecule has 0 spiro atoms. The van der Waals surface area contributed by atoms with Crippen LogP contribution in [0.2, 0.25) is 0 Å². The maximum atomic E-state index is 11.8. The summed E-state index contributed by atoms with van der Waals surface area (Å²) in [6, 6.07) is 9.67. The SMILES string of the molecule is O=C(CCN1CCSC1=O)NCc1cc2ccccc2o1. The van der Waals surface area contributed by atoms with Gasteiger partial charge in [0.15, 0.2) is 0 Å². The van der Waals surface area contributed by atoms with E-state index in [1.807, 2.05) is 30.3 Å². The second kappa shape index (κ2) is 6.22. The van der Waals surface area contributed by atoms with Crippen LogP contribution < -0.4 is 5.32 Å².